The highest BCUT2D eigenvalue weighted by atomic mass is 35.5. The zero-order valence-electron chi connectivity index (χ0n) is 9.06. The van der Waals surface area contributed by atoms with Crippen molar-refractivity contribution >= 4 is 11.6 Å². The number of aliphatic hydroxyl groups is 1. The van der Waals surface area contributed by atoms with Crippen molar-refractivity contribution in [2.24, 2.45) is 0 Å². The molecule has 0 saturated heterocycles. The van der Waals surface area contributed by atoms with Gasteiger partial charge in [0.05, 0.1) is 6.61 Å². The van der Waals surface area contributed by atoms with Crippen LogP contribution >= 0.6 is 11.6 Å². The molecule has 1 unspecified atom stereocenters. The van der Waals surface area contributed by atoms with Crippen LogP contribution in [0.5, 0.6) is 0 Å². The lowest BCUT2D eigenvalue weighted by Gasteiger charge is -2.18. The van der Waals surface area contributed by atoms with Crippen molar-refractivity contribution in [1.29, 1.82) is 0 Å². The van der Waals surface area contributed by atoms with Crippen LogP contribution in [0.4, 0.5) is 4.39 Å². The van der Waals surface area contributed by atoms with Crippen molar-refractivity contribution in [1.82, 2.24) is 0 Å². The molecule has 3 heteroatoms. The summed E-state index contributed by atoms with van der Waals surface area (Å²) in [6, 6.07) is 5.12. The van der Waals surface area contributed by atoms with Gasteiger partial charge in [0.15, 0.2) is 5.67 Å². The summed E-state index contributed by atoms with van der Waals surface area (Å²) in [6.07, 6.45) is 1.90. The van der Waals surface area contributed by atoms with Gasteiger partial charge in [-0.05, 0) is 30.5 Å². The smallest absolute Gasteiger partial charge is 0.156 e. The number of aliphatic hydroxyl groups excluding tert-OH is 1. The number of benzene rings is 1. The van der Waals surface area contributed by atoms with Crippen molar-refractivity contribution in [3.63, 3.8) is 0 Å². The molecular weight excluding hydrogens is 215 g/mol. The Morgan fingerprint density at radius 3 is 2.60 bits per heavy atom. The molecule has 15 heavy (non-hydrogen) atoms. The SMILES string of the molecule is CCCc1ccc(C(C)(F)CO)cc1Cl. The van der Waals surface area contributed by atoms with Gasteiger partial charge in [-0.25, -0.2) is 4.39 Å². The monoisotopic (exact) mass is 230 g/mol. The summed E-state index contributed by atoms with van der Waals surface area (Å²) in [6.45, 7) is 2.88. The molecule has 1 aromatic carbocycles. The number of aryl methyl sites for hydroxylation is 1. The van der Waals surface area contributed by atoms with Crippen LogP contribution in [0.1, 0.15) is 31.4 Å². The van der Waals surface area contributed by atoms with Crippen LogP contribution in [0, 0.1) is 0 Å². The zero-order chi connectivity index (χ0) is 11.5. The highest BCUT2D eigenvalue weighted by molar-refractivity contribution is 6.31. The van der Waals surface area contributed by atoms with Crippen LogP contribution in [0.3, 0.4) is 0 Å². The van der Waals surface area contributed by atoms with E-state index in [9.17, 15) is 4.39 Å². The predicted molar refractivity (Wildman–Crippen MR) is 61.0 cm³/mol. The van der Waals surface area contributed by atoms with Gasteiger partial charge in [-0.2, -0.15) is 0 Å². The first-order valence-electron chi connectivity index (χ1n) is 5.10. The molecule has 0 saturated carbocycles. The average molecular weight is 231 g/mol. The molecule has 0 aliphatic carbocycles. The van der Waals surface area contributed by atoms with Crippen molar-refractivity contribution in [2.75, 3.05) is 6.61 Å². The molecule has 1 aromatic rings. The Morgan fingerprint density at radius 1 is 1.47 bits per heavy atom. The summed E-state index contributed by atoms with van der Waals surface area (Å²) in [7, 11) is 0. The topological polar surface area (TPSA) is 20.2 Å². The fourth-order valence-electron chi connectivity index (χ4n) is 1.43. The highest BCUT2D eigenvalue weighted by Gasteiger charge is 2.25. The van der Waals surface area contributed by atoms with E-state index >= 15 is 0 Å². The maximum Gasteiger partial charge on any atom is 0.156 e. The van der Waals surface area contributed by atoms with Crippen molar-refractivity contribution in [3.05, 3.63) is 34.3 Å². The molecule has 1 atom stereocenters. The quantitative estimate of drug-likeness (QED) is 0.840. The van der Waals surface area contributed by atoms with Gasteiger partial charge in [-0.15, -0.1) is 0 Å². The second-order valence-corrected chi connectivity index (χ2v) is 4.32. The fourth-order valence-corrected chi connectivity index (χ4v) is 1.71. The van der Waals surface area contributed by atoms with Gasteiger partial charge in [0.1, 0.15) is 0 Å². The summed E-state index contributed by atoms with van der Waals surface area (Å²) in [5.41, 5.74) is -0.263. The predicted octanol–water partition coefficient (Wildman–Crippen LogP) is 3.47. The van der Waals surface area contributed by atoms with E-state index in [1.165, 1.54) is 6.92 Å². The van der Waals surface area contributed by atoms with Gasteiger partial charge in [0, 0.05) is 5.02 Å². The molecule has 1 N–H and O–H groups in total. The molecule has 0 aliphatic rings. The lowest BCUT2D eigenvalue weighted by molar-refractivity contribution is 0.0868. The lowest BCUT2D eigenvalue weighted by Crippen LogP contribution is -2.20. The van der Waals surface area contributed by atoms with Crippen LogP contribution < -0.4 is 0 Å². The number of hydrogen-bond donors (Lipinski definition) is 1. The fraction of sp³-hybridized carbons (Fsp3) is 0.500. The number of alkyl halides is 1. The largest absolute Gasteiger partial charge is 0.393 e. The maximum absolute atomic E-state index is 13.7. The van der Waals surface area contributed by atoms with E-state index in [0.717, 1.165) is 18.4 Å². The van der Waals surface area contributed by atoms with Gasteiger partial charge in [-0.3, -0.25) is 0 Å². The maximum atomic E-state index is 13.7. The Balaban J connectivity index is 3.01. The van der Waals surface area contributed by atoms with Gasteiger partial charge in [0.25, 0.3) is 0 Å². The minimum atomic E-state index is -1.71. The van der Waals surface area contributed by atoms with Crippen LogP contribution in [0.15, 0.2) is 18.2 Å². The molecule has 0 radical (unpaired) electrons. The molecule has 1 nitrogen and oxygen atoms in total. The second kappa shape index (κ2) is 4.95. The first-order chi connectivity index (χ1) is 7.01. The summed E-state index contributed by atoms with van der Waals surface area (Å²) in [5.74, 6) is 0. The first-order valence-corrected chi connectivity index (χ1v) is 5.47. The van der Waals surface area contributed by atoms with E-state index in [1.807, 2.05) is 6.07 Å². The normalized spacial score (nSPS) is 15.0. The van der Waals surface area contributed by atoms with Gasteiger partial charge < -0.3 is 5.11 Å². The number of halogens is 2. The average Bonchev–Trinajstić information content (AvgIpc) is 2.21. The molecule has 0 spiro atoms. The van der Waals surface area contributed by atoms with Crippen LogP contribution in [0.2, 0.25) is 5.02 Å². The molecule has 0 amide bonds. The Morgan fingerprint density at radius 2 is 2.13 bits per heavy atom. The molecule has 0 heterocycles. The van der Waals surface area contributed by atoms with E-state index in [1.54, 1.807) is 12.1 Å². The van der Waals surface area contributed by atoms with Crippen LogP contribution in [-0.4, -0.2) is 11.7 Å². The molecule has 0 bridgehead atoms. The van der Waals surface area contributed by atoms with Gasteiger partial charge in [-0.1, -0.05) is 37.1 Å². The summed E-state index contributed by atoms with van der Waals surface area (Å²) in [5, 5.41) is 9.47. The van der Waals surface area contributed by atoms with Crippen molar-refractivity contribution < 1.29 is 9.50 Å². The molecule has 84 valence electrons. The standard InChI is InChI=1S/C12H16ClFO/c1-3-4-9-5-6-10(7-11(9)13)12(2,14)8-15/h5-7,15H,3-4,8H2,1-2H3. The van der Waals surface area contributed by atoms with E-state index in [4.69, 9.17) is 16.7 Å². The van der Waals surface area contributed by atoms with E-state index in [-0.39, 0.29) is 0 Å². The Kier molecular flexibility index (Phi) is 4.12. The minimum Gasteiger partial charge on any atom is -0.393 e. The number of hydrogen-bond acceptors (Lipinski definition) is 1. The Labute approximate surface area is 94.9 Å². The third-order valence-corrected chi connectivity index (χ3v) is 2.82. The minimum absolute atomic E-state index is 0.426. The second-order valence-electron chi connectivity index (χ2n) is 3.91. The molecule has 0 aliphatic heterocycles. The van der Waals surface area contributed by atoms with E-state index in [2.05, 4.69) is 6.92 Å². The van der Waals surface area contributed by atoms with Crippen molar-refractivity contribution in [3.8, 4) is 0 Å². The van der Waals surface area contributed by atoms with Crippen molar-refractivity contribution in [2.45, 2.75) is 32.4 Å². The molecular formula is C12H16ClFO. The van der Waals surface area contributed by atoms with Gasteiger partial charge >= 0.3 is 0 Å². The third-order valence-electron chi connectivity index (χ3n) is 2.47. The first kappa shape index (κ1) is 12.5. The highest BCUT2D eigenvalue weighted by Crippen LogP contribution is 2.29. The molecule has 0 fully saturated rings. The third kappa shape index (κ3) is 2.93. The zero-order valence-corrected chi connectivity index (χ0v) is 9.81. The summed E-state index contributed by atoms with van der Waals surface area (Å²) >= 11 is 6.02. The lowest BCUT2D eigenvalue weighted by atomic mass is 9.97. The van der Waals surface area contributed by atoms with Crippen LogP contribution in [-0.2, 0) is 12.1 Å². The molecule has 0 aromatic heterocycles. The Hall–Kier alpha value is -0.600. The summed E-state index contributed by atoms with van der Waals surface area (Å²) < 4.78 is 13.7. The van der Waals surface area contributed by atoms with Crippen LogP contribution in [0.25, 0.3) is 0 Å². The van der Waals surface area contributed by atoms with E-state index in [0.29, 0.717) is 10.6 Å². The number of rotatable bonds is 4. The van der Waals surface area contributed by atoms with Gasteiger partial charge in [0.2, 0.25) is 0 Å². The van der Waals surface area contributed by atoms with E-state index < -0.39 is 12.3 Å². The molecule has 1 rings (SSSR count). The Bertz CT molecular complexity index is 336. The summed E-state index contributed by atoms with van der Waals surface area (Å²) in [4.78, 5) is 0.